The van der Waals surface area contributed by atoms with E-state index in [-0.39, 0.29) is 23.5 Å². The Kier molecular flexibility index (Phi) is 4.96. The van der Waals surface area contributed by atoms with Crippen LogP contribution in [0.5, 0.6) is 0 Å². The number of carboxylic acid groups (broad SMARTS) is 1. The quantitative estimate of drug-likeness (QED) is 0.814. The van der Waals surface area contributed by atoms with Crippen molar-refractivity contribution in [2.45, 2.75) is 20.3 Å². The Hall–Kier alpha value is -3.54. The molecule has 1 aliphatic rings. The summed E-state index contributed by atoms with van der Waals surface area (Å²) in [6.45, 7) is 4.04. The summed E-state index contributed by atoms with van der Waals surface area (Å²) in [6, 6.07) is 7.28. The highest BCUT2D eigenvalue weighted by Gasteiger charge is 2.50. The minimum Gasteiger partial charge on any atom is -0.478 e. The zero-order chi connectivity index (χ0) is 20.5. The van der Waals surface area contributed by atoms with Gasteiger partial charge in [0, 0.05) is 18.4 Å². The lowest BCUT2D eigenvalue weighted by molar-refractivity contribution is -0.124. The van der Waals surface area contributed by atoms with E-state index in [1.807, 2.05) is 13.8 Å². The fourth-order valence-electron chi connectivity index (χ4n) is 3.18. The van der Waals surface area contributed by atoms with Crippen molar-refractivity contribution in [1.82, 2.24) is 9.97 Å². The first kappa shape index (κ1) is 19.2. The van der Waals surface area contributed by atoms with Gasteiger partial charge in [-0.3, -0.25) is 9.69 Å². The van der Waals surface area contributed by atoms with E-state index in [1.54, 1.807) is 6.07 Å². The largest absolute Gasteiger partial charge is 0.478 e. The molecule has 144 valence electrons. The average molecular weight is 383 g/mol. The number of nitrogens with zero attached hydrogens (tertiary/aromatic N) is 4. The number of carboxylic acids is 1. The van der Waals surface area contributed by atoms with Crippen LogP contribution in [0.3, 0.4) is 0 Å². The molecule has 1 aliphatic heterocycles. The molecule has 1 saturated heterocycles. The lowest BCUT2D eigenvalue weighted by atomic mass is 9.77. The van der Waals surface area contributed by atoms with Crippen molar-refractivity contribution in [2.75, 3.05) is 16.8 Å². The van der Waals surface area contributed by atoms with E-state index in [2.05, 4.69) is 21.4 Å². The molecular formula is C19H18FN5O3. The maximum atomic E-state index is 13.8. The third-order valence-electron chi connectivity index (χ3n) is 4.91. The number of anilines is 3. The van der Waals surface area contributed by atoms with Gasteiger partial charge in [-0.1, -0.05) is 13.8 Å². The number of hydrogen-bond donors (Lipinski definition) is 2. The van der Waals surface area contributed by atoms with E-state index in [1.165, 1.54) is 17.2 Å². The molecule has 0 saturated carbocycles. The minimum absolute atomic E-state index is 0.117. The highest BCUT2D eigenvalue weighted by atomic mass is 19.1. The van der Waals surface area contributed by atoms with Crippen LogP contribution in [0.2, 0.25) is 0 Å². The molecule has 0 spiro atoms. The van der Waals surface area contributed by atoms with Gasteiger partial charge in [-0.25, -0.2) is 14.2 Å². The lowest BCUT2D eigenvalue weighted by Gasteiger charge is -2.24. The van der Waals surface area contributed by atoms with Gasteiger partial charge in [-0.05, 0) is 36.6 Å². The van der Waals surface area contributed by atoms with E-state index in [9.17, 15) is 19.2 Å². The molecule has 0 radical (unpaired) electrons. The fraction of sp³-hybridized carbons (Fsp3) is 0.316. The van der Waals surface area contributed by atoms with Gasteiger partial charge in [0.2, 0.25) is 11.9 Å². The monoisotopic (exact) mass is 383 g/mol. The maximum absolute atomic E-state index is 13.8. The van der Waals surface area contributed by atoms with Crippen molar-refractivity contribution in [3.05, 3.63) is 41.8 Å². The van der Waals surface area contributed by atoms with Crippen molar-refractivity contribution in [3.8, 4) is 6.07 Å². The van der Waals surface area contributed by atoms with E-state index >= 15 is 0 Å². The first-order chi connectivity index (χ1) is 13.3. The summed E-state index contributed by atoms with van der Waals surface area (Å²) in [5.74, 6) is -2.23. The van der Waals surface area contributed by atoms with Gasteiger partial charge < -0.3 is 10.4 Å². The molecule has 9 heteroatoms. The molecule has 1 atom stereocenters. The number of rotatable bonds is 5. The lowest BCUT2D eigenvalue weighted by Crippen LogP contribution is -2.37. The predicted octanol–water partition coefficient (Wildman–Crippen LogP) is 2.96. The van der Waals surface area contributed by atoms with E-state index in [0.717, 1.165) is 12.1 Å². The number of hydrogen-bond acceptors (Lipinski definition) is 6. The summed E-state index contributed by atoms with van der Waals surface area (Å²) >= 11 is 0. The van der Waals surface area contributed by atoms with E-state index in [0.29, 0.717) is 18.8 Å². The zero-order valence-corrected chi connectivity index (χ0v) is 15.3. The van der Waals surface area contributed by atoms with Crippen LogP contribution in [0.25, 0.3) is 0 Å². The normalized spacial score (nSPS) is 19.0. The first-order valence-corrected chi connectivity index (χ1v) is 8.64. The summed E-state index contributed by atoms with van der Waals surface area (Å²) in [6.07, 6.45) is 1.86. The fourth-order valence-corrected chi connectivity index (χ4v) is 3.18. The van der Waals surface area contributed by atoms with E-state index < -0.39 is 22.8 Å². The Labute approximate surface area is 160 Å². The van der Waals surface area contributed by atoms with Gasteiger partial charge in [0.05, 0.1) is 11.6 Å². The third-order valence-corrected chi connectivity index (χ3v) is 4.91. The minimum atomic E-state index is -1.36. The standard InChI is InChI=1S/C19H18FN5O3/c1-11(2)19(10-21)6-8-25(17(19)28)15-5-7-22-18(24-15)23-12-3-4-13(16(26)27)14(20)9-12/h3-5,7,9,11H,6,8H2,1-2H3,(H,26,27)(H,22,23,24)/t19-/m1/s1. The SMILES string of the molecule is CC(C)[C@]1(C#N)CCN(c2ccnc(Nc3ccc(C(=O)O)c(F)c3)n2)C1=O. The number of aromatic carboxylic acids is 1. The number of nitrogens with one attached hydrogen (secondary N) is 1. The van der Waals surface area contributed by atoms with Crippen LogP contribution in [0.15, 0.2) is 30.5 Å². The Bertz CT molecular complexity index is 988. The Morgan fingerprint density at radius 2 is 2.18 bits per heavy atom. The second-order valence-corrected chi connectivity index (χ2v) is 6.81. The molecule has 1 aromatic heterocycles. The molecule has 0 aliphatic carbocycles. The van der Waals surface area contributed by atoms with Crippen LogP contribution in [-0.2, 0) is 4.79 Å². The van der Waals surface area contributed by atoms with Gasteiger partial charge in [-0.15, -0.1) is 0 Å². The van der Waals surface area contributed by atoms with E-state index in [4.69, 9.17) is 5.11 Å². The summed E-state index contributed by atoms with van der Waals surface area (Å²) in [5, 5.41) is 21.2. The van der Waals surface area contributed by atoms with Crippen molar-refractivity contribution in [1.29, 1.82) is 5.26 Å². The molecule has 0 bridgehead atoms. The Morgan fingerprint density at radius 3 is 2.75 bits per heavy atom. The first-order valence-electron chi connectivity index (χ1n) is 8.64. The predicted molar refractivity (Wildman–Crippen MR) is 98.5 cm³/mol. The summed E-state index contributed by atoms with van der Waals surface area (Å²) in [4.78, 5) is 33.5. The maximum Gasteiger partial charge on any atom is 0.338 e. The Balaban J connectivity index is 1.84. The Morgan fingerprint density at radius 1 is 1.43 bits per heavy atom. The van der Waals surface area contributed by atoms with Crippen molar-refractivity contribution in [2.24, 2.45) is 11.3 Å². The third kappa shape index (κ3) is 3.24. The average Bonchev–Trinajstić information content (AvgIpc) is 2.99. The molecule has 3 rings (SSSR count). The molecule has 1 aromatic carbocycles. The molecule has 8 nitrogen and oxygen atoms in total. The molecule has 1 amide bonds. The number of halogens is 1. The number of amides is 1. The molecular weight excluding hydrogens is 365 g/mol. The van der Waals surface area contributed by atoms with Crippen LogP contribution in [0.1, 0.15) is 30.6 Å². The van der Waals surface area contributed by atoms with Crippen LogP contribution in [0, 0.1) is 28.5 Å². The van der Waals surface area contributed by atoms with Crippen molar-refractivity contribution in [3.63, 3.8) is 0 Å². The molecule has 28 heavy (non-hydrogen) atoms. The van der Waals surface area contributed by atoms with Crippen LogP contribution < -0.4 is 10.2 Å². The number of aromatic nitrogens is 2. The zero-order valence-electron chi connectivity index (χ0n) is 15.3. The van der Waals surface area contributed by atoms with Crippen LogP contribution in [-0.4, -0.2) is 33.5 Å². The van der Waals surface area contributed by atoms with Crippen molar-refractivity contribution >= 4 is 29.3 Å². The van der Waals surface area contributed by atoms with Crippen LogP contribution in [0.4, 0.5) is 21.8 Å². The number of nitriles is 1. The number of benzene rings is 1. The second kappa shape index (κ2) is 7.23. The van der Waals surface area contributed by atoms with Gasteiger partial charge in [0.25, 0.3) is 0 Å². The summed E-state index contributed by atoms with van der Waals surface area (Å²) in [5.41, 5.74) is -1.25. The van der Waals surface area contributed by atoms with Gasteiger partial charge in [0.1, 0.15) is 17.1 Å². The molecule has 2 heterocycles. The molecule has 1 fully saturated rings. The van der Waals surface area contributed by atoms with Crippen LogP contribution >= 0.6 is 0 Å². The van der Waals surface area contributed by atoms with Gasteiger partial charge in [0.15, 0.2) is 0 Å². The summed E-state index contributed by atoms with van der Waals surface area (Å²) in [7, 11) is 0. The highest BCUT2D eigenvalue weighted by Crippen LogP contribution is 2.40. The topological polar surface area (TPSA) is 119 Å². The highest BCUT2D eigenvalue weighted by molar-refractivity contribution is 6.01. The smallest absolute Gasteiger partial charge is 0.338 e. The molecule has 0 unspecified atom stereocenters. The number of carbonyl (C=O) groups is 2. The summed E-state index contributed by atoms with van der Waals surface area (Å²) < 4.78 is 13.8. The van der Waals surface area contributed by atoms with Gasteiger partial charge >= 0.3 is 5.97 Å². The van der Waals surface area contributed by atoms with Crippen molar-refractivity contribution < 1.29 is 19.1 Å². The second-order valence-electron chi connectivity index (χ2n) is 6.81. The molecule has 2 N–H and O–H groups in total. The van der Waals surface area contributed by atoms with Gasteiger partial charge in [-0.2, -0.15) is 10.2 Å². The molecule has 2 aromatic rings. The number of carbonyl (C=O) groups excluding carboxylic acids is 1.